The summed E-state index contributed by atoms with van der Waals surface area (Å²) in [6, 6.07) is 0. The van der Waals surface area contributed by atoms with Crippen LogP contribution in [0.1, 0.15) is 77.0 Å². The summed E-state index contributed by atoms with van der Waals surface area (Å²) in [6.07, 6.45) is 12.8. The first kappa shape index (κ1) is 21.5. The Morgan fingerprint density at radius 2 is 0.967 bits per heavy atom. The van der Waals surface area contributed by atoms with Gasteiger partial charge in [-0.1, -0.05) is 34.8 Å². The van der Waals surface area contributed by atoms with Gasteiger partial charge in [-0.25, -0.2) is 0 Å². The Labute approximate surface area is 194 Å². The van der Waals surface area contributed by atoms with Gasteiger partial charge >= 0.3 is 7.60 Å². The van der Waals surface area contributed by atoms with Crippen LogP contribution in [0.15, 0.2) is 0 Å². The largest absolute Gasteiger partial charge is 0.377 e. The van der Waals surface area contributed by atoms with Crippen LogP contribution in [0.5, 0.6) is 0 Å². The van der Waals surface area contributed by atoms with Crippen LogP contribution in [0, 0.1) is 35.5 Å². The second-order valence-electron chi connectivity index (χ2n) is 11.8. The highest BCUT2D eigenvalue weighted by Gasteiger charge is 2.62. The number of hydrogen-bond acceptors (Lipinski definition) is 4. The van der Waals surface area contributed by atoms with E-state index in [1.54, 1.807) is 0 Å². The van der Waals surface area contributed by atoms with Gasteiger partial charge in [0.25, 0.3) is 0 Å². The third-order valence-electron chi connectivity index (χ3n) is 9.20. The molecule has 0 aromatic carbocycles. The molecule has 1 atom stereocenters. The maximum absolute atomic E-state index is 14.4. The van der Waals surface area contributed by atoms with Gasteiger partial charge in [0.15, 0.2) is 0 Å². The predicted molar refractivity (Wildman–Crippen MR) is 118 cm³/mol. The lowest BCUT2D eigenvalue weighted by molar-refractivity contribution is -0.145. The first-order valence-corrected chi connectivity index (χ1v) is 14.5. The first-order valence-electron chi connectivity index (χ1n) is 11.8. The summed E-state index contributed by atoms with van der Waals surface area (Å²) in [5.41, 5.74) is -0.993. The zero-order chi connectivity index (χ0) is 20.9. The number of rotatable bonds is 5. The molecule has 0 saturated heterocycles. The standard InChI is InChI=1S/C22H32Cl3O4P/c23-22(24,25)19(26)30(27,28-20-7-13-1-14(8-20)3-15(2-13)9-20)29-21-10-16-4-17(11-21)6-18(5-16)12-21/h13-19,26H,1-12H2/t13?,14?,15?,16?,17?,18?,19-,20?,21?,30?/m0/s1. The molecule has 8 heteroatoms. The van der Waals surface area contributed by atoms with Crippen molar-refractivity contribution in [2.75, 3.05) is 0 Å². The Hall–Kier alpha value is 0.980. The van der Waals surface area contributed by atoms with Gasteiger partial charge in [-0.3, -0.25) is 13.6 Å². The van der Waals surface area contributed by atoms with E-state index in [-0.39, 0.29) is 0 Å². The molecular weight excluding hydrogens is 466 g/mol. The van der Waals surface area contributed by atoms with Crippen molar-refractivity contribution in [2.45, 2.75) is 97.9 Å². The van der Waals surface area contributed by atoms with Gasteiger partial charge in [0, 0.05) is 0 Å². The van der Waals surface area contributed by atoms with Crippen LogP contribution in [0.2, 0.25) is 0 Å². The third-order valence-corrected chi connectivity index (χ3v) is 12.5. The SMILES string of the molecule is O=P(OC12CC3CC(CC(C3)C1)C2)(OC12CC3CC(CC(C3)C1)C2)[C@H](O)C(Cl)(Cl)Cl. The topological polar surface area (TPSA) is 55.8 Å². The second-order valence-corrected chi connectivity index (χ2v) is 16.1. The summed E-state index contributed by atoms with van der Waals surface area (Å²) < 4.78 is 25.3. The van der Waals surface area contributed by atoms with Crippen molar-refractivity contribution in [1.29, 1.82) is 0 Å². The summed E-state index contributed by atoms with van der Waals surface area (Å²) in [5.74, 6) is 1.95. The van der Waals surface area contributed by atoms with Gasteiger partial charge < -0.3 is 5.11 Å². The highest BCUT2D eigenvalue weighted by Crippen LogP contribution is 2.71. The van der Waals surface area contributed by atoms with Gasteiger partial charge in [0.05, 0.1) is 11.2 Å². The average Bonchev–Trinajstić information content (AvgIpc) is 2.56. The molecule has 4 nitrogen and oxygen atoms in total. The molecule has 0 spiro atoms. The summed E-state index contributed by atoms with van der Waals surface area (Å²) >= 11 is 18.3. The second kappa shape index (κ2) is 7.00. The predicted octanol–water partition coefficient (Wildman–Crippen LogP) is 6.84. The number of alkyl halides is 3. The van der Waals surface area contributed by atoms with E-state index >= 15 is 0 Å². The van der Waals surface area contributed by atoms with Gasteiger partial charge in [0.2, 0.25) is 9.64 Å². The number of halogens is 3. The first-order chi connectivity index (χ1) is 14.0. The van der Waals surface area contributed by atoms with E-state index < -0.39 is 28.4 Å². The fraction of sp³-hybridized carbons (Fsp3) is 1.00. The van der Waals surface area contributed by atoms with E-state index in [1.807, 2.05) is 0 Å². The minimum absolute atomic E-state index is 0.497. The van der Waals surface area contributed by atoms with Gasteiger partial charge in [-0.15, -0.1) is 0 Å². The Morgan fingerprint density at radius 3 is 1.20 bits per heavy atom. The number of aliphatic hydroxyl groups excluding tert-OH is 1. The third kappa shape index (κ3) is 3.64. The lowest BCUT2D eigenvalue weighted by Crippen LogP contribution is -2.54. The molecule has 0 aromatic heterocycles. The number of hydrogen-bond donors (Lipinski definition) is 1. The zero-order valence-corrected chi connectivity index (χ0v) is 20.4. The van der Waals surface area contributed by atoms with Crippen molar-refractivity contribution < 1.29 is 18.7 Å². The quantitative estimate of drug-likeness (QED) is 0.334. The van der Waals surface area contributed by atoms with Crippen LogP contribution in [-0.4, -0.2) is 25.9 Å². The monoisotopic (exact) mass is 496 g/mol. The Kier molecular flexibility index (Phi) is 5.02. The van der Waals surface area contributed by atoms with Crippen LogP contribution in [0.25, 0.3) is 0 Å². The van der Waals surface area contributed by atoms with Gasteiger partial charge in [-0.2, -0.15) is 0 Å². The highest BCUT2D eigenvalue weighted by atomic mass is 35.6. The van der Waals surface area contributed by atoms with Crippen LogP contribution >= 0.6 is 42.4 Å². The van der Waals surface area contributed by atoms with Crippen LogP contribution in [-0.2, 0) is 13.6 Å². The van der Waals surface area contributed by atoms with Gasteiger partial charge in [-0.05, 0) is 113 Å². The average molecular weight is 498 g/mol. The fourth-order valence-corrected chi connectivity index (χ4v) is 12.3. The zero-order valence-electron chi connectivity index (χ0n) is 17.3. The highest BCUT2D eigenvalue weighted by molar-refractivity contribution is 7.55. The minimum atomic E-state index is -4.07. The Balaban J connectivity index is 1.32. The molecular formula is C22H32Cl3O4P. The summed E-state index contributed by atoms with van der Waals surface area (Å²) in [5, 5.41) is 11.0. The molecule has 0 radical (unpaired) electrons. The van der Waals surface area contributed by atoms with Crippen LogP contribution in [0.4, 0.5) is 0 Å². The maximum atomic E-state index is 14.4. The maximum Gasteiger partial charge on any atom is 0.364 e. The molecule has 8 rings (SSSR count). The van der Waals surface area contributed by atoms with E-state index in [1.165, 1.54) is 38.5 Å². The molecule has 0 amide bonds. The van der Waals surface area contributed by atoms with Crippen molar-refractivity contribution in [3.05, 3.63) is 0 Å². The van der Waals surface area contributed by atoms with Crippen molar-refractivity contribution in [2.24, 2.45) is 35.5 Å². The lowest BCUT2D eigenvalue weighted by atomic mass is 9.54. The molecule has 8 aliphatic carbocycles. The molecule has 0 aliphatic heterocycles. The molecule has 8 aliphatic rings. The smallest absolute Gasteiger partial charge is 0.364 e. The molecule has 0 aromatic rings. The Morgan fingerprint density at radius 1 is 0.700 bits per heavy atom. The molecule has 8 fully saturated rings. The van der Waals surface area contributed by atoms with Crippen molar-refractivity contribution in [1.82, 2.24) is 0 Å². The van der Waals surface area contributed by atoms with Crippen LogP contribution in [0.3, 0.4) is 0 Å². The van der Waals surface area contributed by atoms with Crippen molar-refractivity contribution >= 4 is 42.4 Å². The van der Waals surface area contributed by atoms with Crippen molar-refractivity contribution in [3.63, 3.8) is 0 Å². The molecule has 170 valence electrons. The molecule has 0 unspecified atom stereocenters. The normalized spacial score (nSPS) is 51.9. The molecule has 8 bridgehead atoms. The lowest BCUT2D eigenvalue weighted by Gasteiger charge is -2.59. The summed E-state index contributed by atoms with van der Waals surface area (Å²) in [4.78, 5) is 0. The molecule has 0 heterocycles. The van der Waals surface area contributed by atoms with E-state index in [0.717, 1.165) is 38.5 Å². The van der Waals surface area contributed by atoms with Crippen molar-refractivity contribution in [3.8, 4) is 0 Å². The Bertz CT molecular complexity index is 645. The van der Waals surface area contributed by atoms with E-state index in [4.69, 9.17) is 43.9 Å². The van der Waals surface area contributed by atoms with E-state index in [2.05, 4.69) is 0 Å². The summed E-state index contributed by atoms with van der Waals surface area (Å²) in [6.45, 7) is 0. The minimum Gasteiger partial charge on any atom is -0.377 e. The van der Waals surface area contributed by atoms with E-state index in [9.17, 15) is 9.67 Å². The summed E-state index contributed by atoms with van der Waals surface area (Å²) in [7, 11) is -4.07. The van der Waals surface area contributed by atoms with E-state index in [0.29, 0.717) is 35.5 Å². The molecule has 1 N–H and O–H groups in total. The van der Waals surface area contributed by atoms with Gasteiger partial charge in [0.1, 0.15) is 0 Å². The molecule has 30 heavy (non-hydrogen) atoms. The van der Waals surface area contributed by atoms with Crippen LogP contribution < -0.4 is 0 Å². The fourth-order valence-electron chi connectivity index (χ4n) is 9.12. The number of aliphatic hydroxyl groups is 1. The molecule has 8 saturated carbocycles.